The van der Waals surface area contributed by atoms with Gasteiger partial charge in [0.25, 0.3) is 11.8 Å². The summed E-state index contributed by atoms with van der Waals surface area (Å²) in [5, 5.41) is 6.01. The predicted octanol–water partition coefficient (Wildman–Crippen LogP) is 1.44. The summed E-state index contributed by atoms with van der Waals surface area (Å²) >= 11 is 0. The number of aryl methyl sites for hydroxylation is 1. The van der Waals surface area contributed by atoms with Gasteiger partial charge < -0.3 is 29.7 Å². The number of nitrogens with zero attached hydrogens (tertiary/aromatic N) is 1. The van der Waals surface area contributed by atoms with Crippen molar-refractivity contribution < 1.29 is 52.6 Å². The first-order valence-corrected chi connectivity index (χ1v) is 14.6. The number of imide groups is 1. The van der Waals surface area contributed by atoms with Gasteiger partial charge in [-0.1, -0.05) is 12.1 Å². The normalized spacial score (nSPS) is 12.7. The highest BCUT2D eigenvalue weighted by Crippen LogP contribution is 2.13. The molecule has 2 N–H and O–H groups in total. The number of hydrogen-bond donors (Lipinski definition) is 2. The van der Waals surface area contributed by atoms with E-state index in [1.165, 1.54) is 6.92 Å². The predicted molar refractivity (Wildman–Crippen MR) is 155 cm³/mol. The van der Waals surface area contributed by atoms with E-state index in [4.69, 9.17) is 19.0 Å². The zero-order valence-electron chi connectivity index (χ0n) is 25.1. The Morgan fingerprint density at radius 2 is 1.34 bits per heavy atom. The van der Waals surface area contributed by atoms with E-state index in [1.54, 1.807) is 12.1 Å². The van der Waals surface area contributed by atoms with Crippen molar-refractivity contribution in [2.75, 3.05) is 51.5 Å². The Hall–Kier alpha value is -4.01. The van der Waals surface area contributed by atoms with Crippen LogP contribution in [0.3, 0.4) is 0 Å². The van der Waals surface area contributed by atoms with E-state index in [1.807, 2.05) is 12.1 Å². The number of carbonyl (C=O) groups is 7. The Labute approximate surface area is 256 Å². The SMILES string of the molecule is CC(=O)CC(=O)CCc1ccc(NC(=O)CCCC(=O)NCCOCCOCCOCCC(=O)ON2C(=O)CCC2=O)cc1. The van der Waals surface area contributed by atoms with Crippen molar-refractivity contribution in [2.45, 2.75) is 64.7 Å². The molecule has 2 rings (SSSR count). The van der Waals surface area contributed by atoms with Crippen LogP contribution in [-0.2, 0) is 59.0 Å². The Balaban J connectivity index is 1.38. The monoisotopic (exact) mass is 619 g/mol. The number of hydroxylamine groups is 2. The smallest absolute Gasteiger partial charge is 0.335 e. The molecule has 44 heavy (non-hydrogen) atoms. The minimum atomic E-state index is -0.727. The quantitative estimate of drug-likeness (QED) is 0.103. The fourth-order valence-corrected chi connectivity index (χ4v) is 3.89. The number of hydrogen-bond acceptors (Lipinski definition) is 11. The van der Waals surface area contributed by atoms with Crippen LogP contribution in [0, 0.1) is 0 Å². The topological polar surface area (TPSA) is 184 Å². The Bertz CT molecular complexity index is 1120. The van der Waals surface area contributed by atoms with Crippen molar-refractivity contribution in [3.05, 3.63) is 29.8 Å². The standard InChI is InChI=1S/C30H41N3O11/c1-22(34)21-25(35)10-7-23-5-8-24(9-6-23)32-27(37)4-2-3-26(36)31-14-16-42-18-20-43-19-17-41-15-13-30(40)44-33-28(38)11-12-29(33)39/h5-6,8-9H,2-4,7,10-21H2,1H3,(H,31,36)(H,32,37). The number of anilines is 1. The van der Waals surface area contributed by atoms with Crippen molar-refractivity contribution in [3.63, 3.8) is 0 Å². The van der Waals surface area contributed by atoms with Gasteiger partial charge in [-0.25, -0.2) is 4.79 Å². The summed E-state index contributed by atoms with van der Waals surface area (Å²) in [4.78, 5) is 85.9. The highest BCUT2D eigenvalue weighted by atomic mass is 16.7. The number of Topliss-reactive ketones (excluding diaryl/α,β-unsaturated/α-hetero) is 2. The molecule has 242 valence electrons. The molecule has 0 unspecified atom stereocenters. The van der Waals surface area contributed by atoms with E-state index < -0.39 is 17.8 Å². The maximum atomic E-state index is 12.2. The third-order valence-electron chi connectivity index (χ3n) is 6.15. The fourth-order valence-electron chi connectivity index (χ4n) is 3.89. The van der Waals surface area contributed by atoms with E-state index in [0.717, 1.165) is 5.56 Å². The van der Waals surface area contributed by atoms with Crippen molar-refractivity contribution in [3.8, 4) is 0 Å². The lowest BCUT2D eigenvalue weighted by atomic mass is 10.0. The molecular weight excluding hydrogens is 578 g/mol. The van der Waals surface area contributed by atoms with Gasteiger partial charge >= 0.3 is 5.97 Å². The van der Waals surface area contributed by atoms with Crippen molar-refractivity contribution in [2.24, 2.45) is 0 Å². The number of carbonyl (C=O) groups excluding carboxylic acids is 7. The summed E-state index contributed by atoms with van der Waals surface area (Å²) in [6.07, 6.45) is 1.55. The zero-order valence-corrected chi connectivity index (χ0v) is 25.1. The molecular formula is C30H41N3O11. The molecule has 1 aromatic carbocycles. The van der Waals surface area contributed by atoms with Crippen molar-refractivity contribution >= 4 is 46.9 Å². The molecule has 0 saturated carbocycles. The van der Waals surface area contributed by atoms with Crippen molar-refractivity contribution in [1.82, 2.24) is 10.4 Å². The minimum absolute atomic E-state index is 0.0400. The first-order valence-electron chi connectivity index (χ1n) is 14.6. The third kappa shape index (κ3) is 16.0. The molecule has 14 nitrogen and oxygen atoms in total. The number of rotatable bonds is 23. The maximum absolute atomic E-state index is 12.2. The summed E-state index contributed by atoms with van der Waals surface area (Å²) in [6.45, 7) is 3.23. The highest BCUT2D eigenvalue weighted by Gasteiger charge is 2.32. The maximum Gasteiger partial charge on any atom is 0.335 e. The molecule has 1 aromatic rings. The fraction of sp³-hybridized carbons (Fsp3) is 0.567. The molecule has 1 aliphatic rings. The highest BCUT2D eigenvalue weighted by molar-refractivity contribution is 6.01. The Morgan fingerprint density at radius 3 is 1.98 bits per heavy atom. The van der Waals surface area contributed by atoms with Crippen LogP contribution in [-0.4, -0.2) is 92.4 Å². The summed E-state index contributed by atoms with van der Waals surface area (Å²) in [5.74, 6) is -2.40. The van der Waals surface area contributed by atoms with E-state index >= 15 is 0 Å². The van der Waals surface area contributed by atoms with Gasteiger partial charge in [0.05, 0.1) is 52.5 Å². The van der Waals surface area contributed by atoms with Gasteiger partial charge in [0.1, 0.15) is 11.6 Å². The molecule has 0 aliphatic carbocycles. The third-order valence-corrected chi connectivity index (χ3v) is 6.15. The van der Waals surface area contributed by atoms with Gasteiger partial charge in [-0.15, -0.1) is 5.06 Å². The number of amides is 4. The van der Waals surface area contributed by atoms with Crippen LogP contribution in [0.2, 0.25) is 0 Å². The van der Waals surface area contributed by atoms with Crippen molar-refractivity contribution in [1.29, 1.82) is 0 Å². The largest absolute Gasteiger partial charge is 0.378 e. The minimum Gasteiger partial charge on any atom is -0.378 e. The van der Waals surface area contributed by atoms with Crippen LogP contribution in [0.15, 0.2) is 24.3 Å². The molecule has 14 heteroatoms. The number of benzene rings is 1. The molecule has 1 fully saturated rings. The Kier molecular flexibility index (Phi) is 17.1. The van der Waals surface area contributed by atoms with Gasteiger partial charge in [-0.3, -0.25) is 28.8 Å². The summed E-state index contributed by atoms with van der Waals surface area (Å²) in [7, 11) is 0. The number of nitrogens with one attached hydrogen (secondary N) is 2. The molecule has 1 heterocycles. The van der Waals surface area contributed by atoms with Crippen LogP contribution < -0.4 is 10.6 Å². The first-order chi connectivity index (χ1) is 21.1. The van der Waals surface area contributed by atoms with E-state index in [0.29, 0.717) is 56.4 Å². The van der Waals surface area contributed by atoms with Crippen LogP contribution in [0.5, 0.6) is 0 Å². The number of ketones is 2. The summed E-state index contributed by atoms with van der Waals surface area (Å²) in [6, 6.07) is 7.15. The summed E-state index contributed by atoms with van der Waals surface area (Å²) < 4.78 is 16.0. The zero-order chi connectivity index (χ0) is 32.2. The van der Waals surface area contributed by atoms with Gasteiger partial charge in [0.2, 0.25) is 11.8 Å². The van der Waals surface area contributed by atoms with Gasteiger partial charge in [-0.05, 0) is 37.5 Å². The second kappa shape index (κ2) is 20.8. The molecule has 0 aromatic heterocycles. The Morgan fingerprint density at radius 1 is 0.750 bits per heavy atom. The van der Waals surface area contributed by atoms with Gasteiger partial charge in [0, 0.05) is 44.3 Å². The van der Waals surface area contributed by atoms with Gasteiger partial charge in [-0.2, -0.15) is 0 Å². The van der Waals surface area contributed by atoms with Gasteiger partial charge in [0.15, 0.2) is 0 Å². The van der Waals surface area contributed by atoms with E-state index in [-0.39, 0.29) is 81.7 Å². The molecule has 0 atom stereocenters. The van der Waals surface area contributed by atoms with E-state index in [9.17, 15) is 33.6 Å². The summed E-state index contributed by atoms with van der Waals surface area (Å²) in [5.41, 5.74) is 1.56. The molecule has 4 amide bonds. The molecule has 0 radical (unpaired) electrons. The molecule has 0 bridgehead atoms. The first kappa shape index (κ1) is 36.2. The lowest BCUT2D eigenvalue weighted by Gasteiger charge is -2.12. The lowest BCUT2D eigenvalue weighted by molar-refractivity contribution is -0.198. The van der Waals surface area contributed by atoms with Crippen LogP contribution in [0.25, 0.3) is 0 Å². The molecule has 1 saturated heterocycles. The van der Waals surface area contributed by atoms with Crippen LogP contribution in [0.4, 0.5) is 5.69 Å². The average Bonchev–Trinajstić information content (AvgIpc) is 3.29. The van der Waals surface area contributed by atoms with Crippen LogP contribution >= 0.6 is 0 Å². The second-order valence-corrected chi connectivity index (χ2v) is 10.00. The van der Waals surface area contributed by atoms with Crippen LogP contribution in [0.1, 0.15) is 63.9 Å². The molecule has 1 aliphatic heterocycles. The average molecular weight is 620 g/mol. The number of ether oxygens (including phenoxy) is 3. The van der Waals surface area contributed by atoms with E-state index in [2.05, 4.69) is 10.6 Å². The lowest BCUT2D eigenvalue weighted by Crippen LogP contribution is -2.32. The second-order valence-electron chi connectivity index (χ2n) is 10.00. The molecule has 0 spiro atoms.